The first kappa shape index (κ1) is 68.4. The standard InChI is InChI=1S/C65H118O6/c1-4-7-10-13-16-18-20-22-24-26-28-30-31-32-33-34-35-36-38-39-41-43-45-47-49-52-55-58-64(67)70-61-62(60-69-63(66)57-54-51-15-12-9-6-3)71-65(68)59-56-53-50-48-46-44-42-40-37-29-27-25-23-21-19-17-14-11-8-5-2/h7,10,16,18,22,24,28,30,62H,4-6,8-9,11-15,17,19-21,23,25-27,29,31-61H2,1-3H3/b10-7-,18-16-,24-22-,30-28-. The summed E-state index contributed by atoms with van der Waals surface area (Å²) in [6, 6.07) is 0. The number of carbonyl (C=O) groups excluding carboxylic acids is 3. The number of unbranched alkanes of at least 4 members (excludes halogenated alkanes) is 38. The van der Waals surface area contributed by atoms with Gasteiger partial charge in [0.05, 0.1) is 0 Å². The second-order valence-electron chi connectivity index (χ2n) is 21.0. The average molecular weight is 996 g/mol. The van der Waals surface area contributed by atoms with Gasteiger partial charge in [-0.25, -0.2) is 0 Å². The van der Waals surface area contributed by atoms with Crippen LogP contribution in [0.25, 0.3) is 0 Å². The van der Waals surface area contributed by atoms with Gasteiger partial charge in [0, 0.05) is 19.3 Å². The van der Waals surface area contributed by atoms with Gasteiger partial charge in [-0.2, -0.15) is 0 Å². The SMILES string of the molecule is CC/C=C\C/C=C\C/C=C\C/C=C\CCCCCCCCCCCCCCCCC(=O)OCC(COC(=O)CCCCCCCC)OC(=O)CCCCCCCCCCCCCCCCCCCCCC. The van der Waals surface area contributed by atoms with Gasteiger partial charge in [-0.15, -0.1) is 0 Å². The number of allylic oxidation sites excluding steroid dienone is 8. The van der Waals surface area contributed by atoms with E-state index in [-0.39, 0.29) is 31.1 Å². The van der Waals surface area contributed by atoms with Crippen LogP contribution in [-0.4, -0.2) is 37.2 Å². The average Bonchev–Trinajstić information content (AvgIpc) is 3.37. The lowest BCUT2D eigenvalue weighted by Crippen LogP contribution is -2.30. The van der Waals surface area contributed by atoms with E-state index in [0.717, 1.165) is 83.5 Å². The number of esters is 3. The van der Waals surface area contributed by atoms with Crippen LogP contribution in [0.2, 0.25) is 0 Å². The lowest BCUT2D eigenvalue weighted by atomic mass is 10.0. The van der Waals surface area contributed by atoms with Gasteiger partial charge in [0.1, 0.15) is 13.2 Å². The fraction of sp³-hybridized carbons (Fsp3) is 0.831. The van der Waals surface area contributed by atoms with Gasteiger partial charge < -0.3 is 14.2 Å². The number of rotatable bonds is 57. The molecule has 0 amide bonds. The molecule has 0 aromatic carbocycles. The van der Waals surface area contributed by atoms with Crippen LogP contribution < -0.4 is 0 Å². The van der Waals surface area contributed by atoms with Crippen molar-refractivity contribution in [1.82, 2.24) is 0 Å². The van der Waals surface area contributed by atoms with E-state index in [1.54, 1.807) is 0 Å². The summed E-state index contributed by atoms with van der Waals surface area (Å²) < 4.78 is 16.8. The lowest BCUT2D eigenvalue weighted by molar-refractivity contribution is -0.167. The zero-order valence-electron chi connectivity index (χ0n) is 47.5. The molecule has 0 aliphatic heterocycles. The summed E-state index contributed by atoms with van der Waals surface area (Å²) in [5, 5.41) is 0. The van der Waals surface area contributed by atoms with Crippen molar-refractivity contribution in [2.24, 2.45) is 0 Å². The number of ether oxygens (including phenoxy) is 3. The van der Waals surface area contributed by atoms with Gasteiger partial charge in [0.15, 0.2) is 6.10 Å². The smallest absolute Gasteiger partial charge is 0.306 e. The van der Waals surface area contributed by atoms with Crippen molar-refractivity contribution in [3.05, 3.63) is 48.6 Å². The summed E-state index contributed by atoms with van der Waals surface area (Å²) in [7, 11) is 0. The van der Waals surface area contributed by atoms with Gasteiger partial charge >= 0.3 is 17.9 Å². The number of hydrogen-bond donors (Lipinski definition) is 0. The molecule has 414 valence electrons. The minimum atomic E-state index is -0.767. The van der Waals surface area contributed by atoms with Crippen molar-refractivity contribution < 1.29 is 28.6 Å². The maximum atomic E-state index is 12.8. The zero-order valence-corrected chi connectivity index (χ0v) is 47.5. The lowest BCUT2D eigenvalue weighted by Gasteiger charge is -2.18. The molecule has 1 atom stereocenters. The molecule has 71 heavy (non-hydrogen) atoms. The van der Waals surface area contributed by atoms with Crippen LogP contribution in [0.5, 0.6) is 0 Å². The zero-order chi connectivity index (χ0) is 51.4. The highest BCUT2D eigenvalue weighted by atomic mass is 16.6. The molecule has 0 fully saturated rings. The van der Waals surface area contributed by atoms with E-state index in [1.165, 1.54) is 205 Å². The molecule has 0 radical (unpaired) electrons. The molecule has 0 rings (SSSR count). The quantitative estimate of drug-likeness (QED) is 0.0261. The minimum Gasteiger partial charge on any atom is -0.462 e. The molecular weight excluding hydrogens is 877 g/mol. The minimum absolute atomic E-state index is 0.0686. The highest BCUT2D eigenvalue weighted by molar-refractivity contribution is 5.71. The first-order valence-electron chi connectivity index (χ1n) is 31.1. The Bertz CT molecular complexity index is 1230. The summed E-state index contributed by atoms with van der Waals surface area (Å²) in [6.45, 7) is 6.52. The second kappa shape index (κ2) is 59.9. The molecular formula is C65H118O6. The highest BCUT2D eigenvalue weighted by Gasteiger charge is 2.19. The van der Waals surface area contributed by atoms with Crippen LogP contribution in [0.15, 0.2) is 48.6 Å². The summed E-state index contributed by atoms with van der Waals surface area (Å²) in [4.78, 5) is 38.0. The Kier molecular flexibility index (Phi) is 57.7. The molecule has 6 nitrogen and oxygen atoms in total. The van der Waals surface area contributed by atoms with Gasteiger partial charge in [0.25, 0.3) is 0 Å². The predicted molar refractivity (Wildman–Crippen MR) is 307 cm³/mol. The van der Waals surface area contributed by atoms with Crippen LogP contribution in [0.4, 0.5) is 0 Å². The Morgan fingerprint density at radius 3 is 0.859 bits per heavy atom. The molecule has 0 aliphatic carbocycles. The van der Waals surface area contributed by atoms with Gasteiger partial charge in [0.2, 0.25) is 0 Å². The molecule has 0 aromatic heterocycles. The van der Waals surface area contributed by atoms with Crippen LogP contribution in [0, 0.1) is 0 Å². The first-order chi connectivity index (χ1) is 35.0. The van der Waals surface area contributed by atoms with E-state index in [9.17, 15) is 14.4 Å². The van der Waals surface area contributed by atoms with E-state index in [2.05, 4.69) is 69.4 Å². The Balaban J connectivity index is 4.04. The summed E-state index contributed by atoms with van der Waals surface area (Å²) >= 11 is 0. The van der Waals surface area contributed by atoms with Crippen molar-refractivity contribution in [2.75, 3.05) is 13.2 Å². The maximum Gasteiger partial charge on any atom is 0.306 e. The highest BCUT2D eigenvalue weighted by Crippen LogP contribution is 2.17. The number of hydrogen-bond acceptors (Lipinski definition) is 6. The third-order valence-corrected chi connectivity index (χ3v) is 13.8. The van der Waals surface area contributed by atoms with E-state index < -0.39 is 6.10 Å². The van der Waals surface area contributed by atoms with Crippen molar-refractivity contribution in [3.8, 4) is 0 Å². The third-order valence-electron chi connectivity index (χ3n) is 13.8. The van der Waals surface area contributed by atoms with E-state index >= 15 is 0 Å². The van der Waals surface area contributed by atoms with Crippen molar-refractivity contribution in [3.63, 3.8) is 0 Å². The van der Waals surface area contributed by atoms with E-state index in [0.29, 0.717) is 19.3 Å². The fourth-order valence-electron chi connectivity index (χ4n) is 9.20. The first-order valence-corrected chi connectivity index (χ1v) is 31.1. The molecule has 6 heteroatoms. The Labute approximate surface area is 441 Å². The molecule has 0 aromatic rings. The van der Waals surface area contributed by atoms with Crippen molar-refractivity contribution >= 4 is 17.9 Å². The molecule has 1 unspecified atom stereocenters. The van der Waals surface area contributed by atoms with Crippen LogP contribution >= 0.6 is 0 Å². The van der Waals surface area contributed by atoms with Gasteiger partial charge in [-0.05, 0) is 57.8 Å². The summed E-state index contributed by atoms with van der Waals surface area (Å²) in [5.74, 6) is -0.859. The largest absolute Gasteiger partial charge is 0.462 e. The van der Waals surface area contributed by atoms with Gasteiger partial charge in [-0.1, -0.05) is 301 Å². The molecule has 0 heterocycles. The number of carbonyl (C=O) groups is 3. The van der Waals surface area contributed by atoms with Crippen molar-refractivity contribution in [2.45, 2.75) is 335 Å². The van der Waals surface area contributed by atoms with Crippen LogP contribution in [-0.2, 0) is 28.6 Å². The topological polar surface area (TPSA) is 78.9 Å². The van der Waals surface area contributed by atoms with Gasteiger partial charge in [-0.3, -0.25) is 14.4 Å². The van der Waals surface area contributed by atoms with Crippen LogP contribution in [0.3, 0.4) is 0 Å². The third kappa shape index (κ3) is 58.1. The molecule has 0 aliphatic rings. The second-order valence-corrected chi connectivity index (χ2v) is 21.0. The monoisotopic (exact) mass is 995 g/mol. The molecule has 0 saturated heterocycles. The Morgan fingerprint density at radius 2 is 0.549 bits per heavy atom. The summed E-state index contributed by atoms with van der Waals surface area (Å²) in [5.41, 5.74) is 0. The molecule has 0 saturated carbocycles. The fourth-order valence-corrected chi connectivity index (χ4v) is 9.20. The maximum absolute atomic E-state index is 12.8. The van der Waals surface area contributed by atoms with E-state index in [1.807, 2.05) is 0 Å². The molecule has 0 bridgehead atoms. The molecule has 0 spiro atoms. The molecule has 0 N–H and O–H groups in total. The van der Waals surface area contributed by atoms with Crippen molar-refractivity contribution in [1.29, 1.82) is 0 Å². The normalized spacial score (nSPS) is 12.3. The predicted octanol–water partition coefficient (Wildman–Crippen LogP) is 21.0. The summed E-state index contributed by atoms with van der Waals surface area (Å²) in [6.07, 6.45) is 74.4. The van der Waals surface area contributed by atoms with Crippen LogP contribution in [0.1, 0.15) is 329 Å². The van der Waals surface area contributed by atoms with E-state index in [4.69, 9.17) is 14.2 Å². The Hall–Kier alpha value is -2.63. The Morgan fingerprint density at radius 1 is 0.296 bits per heavy atom.